The van der Waals surface area contributed by atoms with Crippen LogP contribution >= 0.6 is 27.3 Å². The van der Waals surface area contributed by atoms with Crippen LogP contribution in [-0.4, -0.2) is 18.4 Å². The van der Waals surface area contributed by atoms with E-state index in [0.29, 0.717) is 22.0 Å². The van der Waals surface area contributed by atoms with E-state index in [1.54, 1.807) is 32.9 Å². The zero-order valence-electron chi connectivity index (χ0n) is 11.3. The van der Waals surface area contributed by atoms with Crippen LogP contribution in [-0.2, 0) is 4.74 Å². The van der Waals surface area contributed by atoms with Crippen LogP contribution in [0, 0.1) is 20.8 Å². The molecule has 20 heavy (non-hydrogen) atoms. The molecule has 2 aromatic rings. The van der Waals surface area contributed by atoms with Gasteiger partial charge in [-0.2, -0.15) is 0 Å². The van der Waals surface area contributed by atoms with Crippen LogP contribution in [0.5, 0.6) is 0 Å². The van der Waals surface area contributed by atoms with Gasteiger partial charge < -0.3 is 9.15 Å². The van der Waals surface area contributed by atoms with Crippen LogP contribution < -0.4 is 0 Å². The Labute approximate surface area is 128 Å². The molecule has 106 valence electrons. The Kier molecular flexibility index (Phi) is 4.45. The summed E-state index contributed by atoms with van der Waals surface area (Å²) in [5, 5.41) is 0. The average molecular weight is 357 g/mol. The highest BCUT2D eigenvalue weighted by atomic mass is 79.9. The number of carbonyl (C=O) groups is 2. The molecule has 4 nitrogen and oxygen atoms in total. The van der Waals surface area contributed by atoms with Gasteiger partial charge in [0.05, 0.1) is 8.66 Å². The number of esters is 1. The topological polar surface area (TPSA) is 56.5 Å². The molecule has 2 heterocycles. The van der Waals surface area contributed by atoms with Crippen molar-refractivity contribution in [1.82, 2.24) is 0 Å². The van der Waals surface area contributed by atoms with Gasteiger partial charge in [-0.05, 0) is 48.8 Å². The summed E-state index contributed by atoms with van der Waals surface area (Å²) < 4.78 is 11.3. The number of rotatable bonds is 4. The molecule has 0 bridgehead atoms. The highest BCUT2D eigenvalue weighted by Gasteiger charge is 2.21. The number of ether oxygens (including phenoxy) is 1. The lowest BCUT2D eigenvalue weighted by Crippen LogP contribution is -2.14. The monoisotopic (exact) mass is 356 g/mol. The number of ketones is 1. The molecule has 0 saturated carbocycles. The fourth-order valence-electron chi connectivity index (χ4n) is 1.83. The smallest absolute Gasteiger partial charge is 0.342 e. The molecular formula is C14H13BrO4S. The van der Waals surface area contributed by atoms with Crippen LogP contribution in [0.2, 0.25) is 0 Å². The Morgan fingerprint density at radius 1 is 1.25 bits per heavy atom. The maximum atomic E-state index is 12.0. The molecule has 0 radical (unpaired) electrons. The standard InChI is InChI=1S/C14H13BrO4S/c1-7-8(2)19-9(3)13(7)14(17)18-6-10(16)11-4-5-12(15)20-11/h4-5H,6H2,1-3H3. The Balaban J connectivity index is 2.04. The van der Waals surface area contributed by atoms with E-state index in [0.717, 1.165) is 9.35 Å². The van der Waals surface area contributed by atoms with Crippen molar-refractivity contribution in [2.75, 3.05) is 6.61 Å². The molecule has 0 aliphatic rings. The number of Topliss-reactive ketones (excluding diaryl/α,β-unsaturated/α-hetero) is 1. The number of hydrogen-bond acceptors (Lipinski definition) is 5. The van der Waals surface area contributed by atoms with E-state index in [1.807, 2.05) is 0 Å². The average Bonchev–Trinajstić information content (AvgIpc) is 2.91. The minimum atomic E-state index is -0.527. The highest BCUT2D eigenvalue weighted by Crippen LogP contribution is 2.23. The summed E-state index contributed by atoms with van der Waals surface area (Å²) >= 11 is 4.60. The van der Waals surface area contributed by atoms with Gasteiger partial charge in [-0.1, -0.05) is 0 Å². The van der Waals surface area contributed by atoms with Crippen LogP contribution in [0.1, 0.15) is 37.1 Å². The lowest BCUT2D eigenvalue weighted by atomic mass is 10.1. The van der Waals surface area contributed by atoms with Gasteiger partial charge in [0.2, 0.25) is 5.78 Å². The fourth-order valence-corrected chi connectivity index (χ4v) is 3.14. The minimum Gasteiger partial charge on any atom is -0.465 e. The van der Waals surface area contributed by atoms with Crippen LogP contribution in [0.15, 0.2) is 20.3 Å². The summed E-state index contributed by atoms with van der Waals surface area (Å²) in [6, 6.07) is 3.48. The number of thiophene rings is 1. The molecule has 2 rings (SSSR count). The van der Waals surface area contributed by atoms with Gasteiger partial charge in [0.25, 0.3) is 0 Å². The van der Waals surface area contributed by atoms with Crippen molar-refractivity contribution in [2.45, 2.75) is 20.8 Å². The van der Waals surface area contributed by atoms with Crippen molar-refractivity contribution in [3.63, 3.8) is 0 Å². The van der Waals surface area contributed by atoms with Gasteiger partial charge in [-0.15, -0.1) is 11.3 Å². The van der Waals surface area contributed by atoms with Crippen molar-refractivity contribution in [3.05, 3.63) is 43.4 Å². The maximum absolute atomic E-state index is 12.0. The van der Waals surface area contributed by atoms with Gasteiger partial charge in [0.1, 0.15) is 17.1 Å². The number of aryl methyl sites for hydroxylation is 2. The number of halogens is 1. The van der Waals surface area contributed by atoms with E-state index in [2.05, 4.69) is 15.9 Å². The van der Waals surface area contributed by atoms with Crippen LogP contribution in [0.4, 0.5) is 0 Å². The SMILES string of the molecule is Cc1oc(C)c(C(=O)OCC(=O)c2ccc(Br)s2)c1C. The molecule has 0 saturated heterocycles. The van der Waals surface area contributed by atoms with Crippen LogP contribution in [0.25, 0.3) is 0 Å². The third kappa shape index (κ3) is 3.02. The summed E-state index contributed by atoms with van der Waals surface area (Å²) in [6.45, 7) is 5.01. The molecule has 0 fully saturated rings. The molecule has 0 aliphatic heterocycles. The molecule has 0 unspecified atom stereocenters. The first-order chi connectivity index (χ1) is 9.40. The molecule has 0 amide bonds. The van der Waals surface area contributed by atoms with E-state index in [1.165, 1.54) is 11.3 Å². The summed E-state index contributed by atoms with van der Waals surface area (Å²) in [6.07, 6.45) is 0. The molecule has 6 heteroatoms. The number of hydrogen-bond donors (Lipinski definition) is 0. The Morgan fingerprint density at radius 3 is 2.45 bits per heavy atom. The van der Waals surface area contributed by atoms with Crippen molar-refractivity contribution < 1.29 is 18.7 Å². The molecule has 2 aromatic heterocycles. The van der Waals surface area contributed by atoms with Crippen molar-refractivity contribution in [2.24, 2.45) is 0 Å². The summed E-state index contributed by atoms with van der Waals surface area (Å²) in [5.41, 5.74) is 1.15. The second-order valence-corrected chi connectivity index (χ2v) is 6.78. The minimum absolute atomic E-state index is 0.218. The van der Waals surface area contributed by atoms with Crippen molar-refractivity contribution in [1.29, 1.82) is 0 Å². The highest BCUT2D eigenvalue weighted by molar-refractivity contribution is 9.11. The molecule has 0 N–H and O–H groups in total. The van der Waals surface area contributed by atoms with Gasteiger partial charge in [-0.3, -0.25) is 4.79 Å². The molecule has 0 aliphatic carbocycles. The van der Waals surface area contributed by atoms with Crippen molar-refractivity contribution in [3.8, 4) is 0 Å². The van der Waals surface area contributed by atoms with E-state index in [9.17, 15) is 9.59 Å². The molecular weight excluding hydrogens is 344 g/mol. The second-order valence-electron chi connectivity index (χ2n) is 4.32. The Hall–Kier alpha value is -1.40. The first-order valence-corrected chi connectivity index (χ1v) is 7.53. The predicted octanol–water partition coefficient (Wildman–Crippen LogP) is 4.07. The predicted molar refractivity (Wildman–Crippen MR) is 79.6 cm³/mol. The Bertz CT molecular complexity index is 669. The lowest BCUT2D eigenvalue weighted by molar-refractivity contribution is 0.0473. The van der Waals surface area contributed by atoms with Crippen molar-refractivity contribution >= 4 is 39.0 Å². The first-order valence-electron chi connectivity index (χ1n) is 5.92. The number of furan rings is 1. The number of carbonyl (C=O) groups excluding carboxylic acids is 2. The maximum Gasteiger partial charge on any atom is 0.342 e. The van der Waals surface area contributed by atoms with Crippen LogP contribution in [0.3, 0.4) is 0 Å². The zero-order valence-corrected chi connectivity index (χ0v) is 13.7. The molecule has 0 atom stereocenters. The quantitative estimate of drug-likeness (QED) is 0.611. The third-order valence-electron chi connectivity index (χ3n) is 2.95. The summed E-state index contributed by atoms with van der Waals surface area (Å²) in [4.78, 5) is 24.4. The Morgan fingerprint density at radius 2 is 1.95 bits per heavy atom. The van der Waals surface area contributed by atoms with Gasteiger partial charge in [0, 0.05) is 5.56 Å². The van der Waals surface area contributed by atoms with Gasteiger partial charge >= 0.3 is 5.97 Å². The first kappa shape index (κ1) is 15.0. The summed E-state index contributed by atoms with van der Waals surface area (Å²) in [7, 11) is 0. The second kappa shape index (κ2) is 5.93. The normalized spacial score (nSPS) is 10.6. The fraction of sp³-hybridized carbons (Fsp3) is 0.286. The summed E-state index contributed by atoms with van der Waals surface area (Å²) in [5.74, 6) is 0.449. The van der Waals surface area contributed by atoms with E-state index >= 15 is 0 Å². The van der Waals surface area contributed by atoms with Gasteiger partial charge in [0.15, 0.2) is 6.61 Å². The van der Waals surface area contributed by atoms with E-state index < -0.39 is 5.97 Å². The molecule has 0 aromatic carbocycles. The third-order valence-corrected chi connectivity index (χ3v) is 4.61. The molecule has 0 spiro atoms. The van der Waals surface area contributed by atoms with E-state index in [-0.39, 0.29) is 12.4 Å². The largest absolute Gasteiger partial charge is 0.465 e. The van der Waals surface area contributed by atoms with Gasteiger partial charge in [-0.25, -0.2) is 4.79 Å². The zero-order chi connectivity index (χ0) is 14.9. The lowest BCUT2D eigenvalue weighted by Gasteiger charge is -2.03. The van der Waals surface area contributed by atoms with E-state index in [4.69, 9.17) is 9.15 Å².